The molecule has 0 radical (unpaired) electrons. The Morgan fingerprint density at radius 3 is 3.00 bits per heavy atom. The third-order valence-electron chi connectivity index (χ3n) is 5.44. The number of aromatic amines is 2. The third-order valence-corrected chi connectivity index (χ3v) is 5.44. The lowest BCUT2D eigenvalue weighted by Crippen LogP contribution is -2.57. The molecular weight excluding hydrogens is 318 g/mol. The molecule has 7 nitrogen and oxygen atoms in total. The van der Waals surface area contributed by atoms with E-state index in [9.17, 15) is 9.59 Å². The van der Waals surface area contributed by atoms with Gasteiger partial charge in [0.15, 0.2) is 0 Å². The summed E-state index contributed by atoms with van der Waals surface area (Å²) in [5, 5.41) is 0. The number of hydrogen-bond donors (Lipinski definition) is 2. The standard InChI is InChI=1S/C18H23N5O2/c24-17-4-3-13-11-22(18(25)15-2-1-7-20-15)8-6-16(13)23(17)9-5-14-10-19-12-21-14/h1-2,7,10,12-13,16,20H,3-6,8-9,11H2,(H,19,21)/t13-,16+/m1/s1. The van der Waals surface area contributed by atoms with Gasteiger partial charge in [-0.1, -0.05) is 0 Å². The number of aromatic nitrogens is 3. The molecule has 0 spiro atoms. The zero-order valence-corrected chi connectivity index (χ0v) is 14.1. The number of likely N-dealkylation sites (tertiary alicyclic amines) is 2. The van der Waals surface area contributed by atoms with E-state index in [0.29, 0.717) is 31.1 Å². The van der Waals surface area contributed by atoms with Crippen LogP contribution in [0.2, 0.25) is 0 Å². The van der Waals surface area contributed by atoms with Crippen molar-refractivity contribution in [1.29, 1.82) is 0 Å². The molecule has 0 aliphatic carbocycles. The molecule has 4 heterocycles. The molecule has 7 heteroatoms. The van der Waals surface area contributed by atoms with Gasteiger partial charge in [-0.05, 0) is 30.9 Å². The smallest absolute Gasteiger partial charge is 0.270 e. The largest absolute Gasteiger partial charge is 0.357 e. The van der Waals surface area contributed by atoms with Gasteiger partial charge in [0.2, 0.25) is 5.91 Å². The van der Waals surface area contributed by atoms with Crippen molar-refractivity contribution in [2.45, 2.75) is 31.7 Å². The van der Waals surface area contributed by atoms with E-state index in [1.807, 2.05) is 28.1 Å². The SMILES string of the molecule is O=C(c1ccc[nH]1)N1CC[C@H]2[C@H](CCC(=O)N2CCc2cnc[nH]2)C1. The first-order valence-electron chi connectivity index (χ1n) is 8.92. The summed E-state index contributed by atoms with van der Waals surface area (Å²) in [6.45, 7) is 2.15. The van der Waals surface area contributed by atoms with Crippen LogP contribution in [0.4, 0.5) is 0 Å². The third kappa shape index (κ3) is 3.18. The maximum absolute atomic E-state index is 12.6. The molecule has 132 valence electrons. The Morgan fingerprint density at radius 1 is 1.32 bits per heavy atom. The molecule has 4 rings (SSSR count). The van der Waals surface area contributed by atoms with E-state index >= 15 is 0 Å². The van der Waals surface area contributed by atoms with Gasteiger partial charge in [0, 0.05) is 56.6 Å². The number of fused-ring (bicyclic) bond motifs is 1. The van der Waals surface area contributed by atoms with E-state index in [1.165, 1.54) is 0 Å². The molecule has 0 unspecified atom stereocenters. The maximum atomic E-state index is 12.6. The maximum Gasteiger partial charge on any atom is 0.270 e. The molecule has 2 aromatic rings. The summed E-state index contributed by atoms with van der Waals surface area (Å²) in [6.07, 6.45) is 8.35. The fourth-order valence-electron chi connectivity index (χ4n) is 4.12. The van der Waals surface area contributed by atoms with Gasteiger partial charge in [0.1, 0.15) is 5.69 Å². The number of imidazole rings is 1. The van der Waals surface area contributed by atoms with Crippen LogP contribution in [0.15, 0.2) is 30.9 Å². The fraction of sp³-hybridized carbons (Fsp3) is 0.500. The minimum atomic E-state index is 0.0596. The van der Waals surface area contributed by atoms with E-state index in [-0.39, 0.29) is 17.9 Å². The van der Waals surface area contributed by atoms with Crippen LogP contribution in [0.25, 0.3) is 0 Å². The second-order valence-corrected chi connectivity index (χ2v) is 6.90. The van der Waals surface area contributed by atoms with E-state index in [0.717, 1.165) is 31.5 Å². The molecule has 0 saturated carbocycles. The van der Waals surface area contributed by atoms with E-state index < -0.39 is 0 Å². The first-order chi connectivity index (χ1) is 12.2. The number of hydrogen-bond acceptors (Lipinski definition) is 3. The highest BCUT2D eigenvalue weighted by Crippen LogP contribution is 2.31. The van der Waals surface area contributed by atoms with Crippen LogP contribution in [0, 0.1) is 5.92 Å². The molecule has 2 aliphatic heterocycles. The molecule has 0 aromatic carbocycles. The molecule has 2 aliphatic rings. The van der Waals surface area contributed by atoms with Crippen molar-refractivity contribution in [3.63, 3.8) is 0 Å². The molecule has 2 amide bonds. The monoisotopic (exact) mass is 341 g/mol. The van der Waals surface area contributed by atoms with Crippen LogP contribution in [0.3, 0.4) is 0 Å². The summed E-state index contributed by atoms with van der Waals surface area (Å²) in [6, 6.07) is 3.91. The van der Waals surface area contributed by atoms with Crippen LogP contribution in [-0.2, 0) is 11.2 Å². The number of carbonyl (C=O) groups is 2. The zero-order valence-electron chi connectivity index (χ0n) is 14.1. The Hall–Kier alpha value is -2.57. The van der Waals surface area contributed by atoms with Crippen LogP contribution >= 0.6 is 0 Å². The topological polar surface area (TPSA) is 85.1 Å². The number of nitrogens with zero attached hydrogens (tertiary/aromatic N) is 3. The van der Waals surface area contributed by atoms with Crippen molar-refractivity contribution < 1.29 is 9.59 Å². The van der Waals surface area contributed by atoms with Gasteiger partial charge >= 0.3 is 0 Å². The van der Waals surface area contributed by atoms with E-state index in [1.54, 1.807) is 12.5 Å². The summed E-state index contributed by atoms with van der Waals surface area (Å²) in [4.78, 5) is 39.1. The van der Waals surface area contributed by atoms with Crippen molar-refractivity contribution in [2.75, 3.05) is 19.6 Å². The summed E-state index contributed by atoms with van der Waals surface area (Å²) < 4.78 is 0. The minimum absolute atomic E-state index is 0.0596. The van der Waals surface area contributed by atoms with E-state index in [4.69, 9.17) is 0 Å². The molecule has 0 bridgehead atoms. The summed E-state index contributed by atoms with van der Waals surface area (Å²) in [5.41, 5.74) is 1.69. The van der Waals surface area contributed by atoms with Gasteiger partial charge < -0.3 is 19.8 Å². The lowest BCUT2D eigenvalue weighted by atomic mass is 9.83. The van der Waals surface area contributed by atoms with Gasteiger partial charge in [-0.25, -0.2) is 4.98 Å². The number of piperidine rings is 2. The van der Waals surface area contributed by atoms with Crippen molar-refractivity contribution in [1.82, 2.24) is 24.8 Å². The second kappa shape index (κ2) is 6.74. The zero-order chi connectivity index (χ0) is 17.2. The number of H-pyrrole nitrogens is 2. The lowest BCUT2D eigenvalue weighted by Gasteiger charge is -2.47. The Balaban J connectivity index is 1.41. The number of amides is 2. The minimum Gasteiger partial charge on any atom is -0.357 e. The van der Waals surface area contributed by atoms with Gasteiger partial charge in [-0.3, -0.25) is 9.59 Å². The van der Waals surface area contributed by atoms with E-state index in [2.05, 4.69) is 15.0 Å². The molecule has 2 atom stereocenters. The van der Waals surface area contributed by atoms with Gasteiger partial charge in [-0.2, -0.15) is 0 Å². The highest BCUT2D eigenvalue weighted by molar-refractivity contribution is 5.92. The van der Waals surface area contributed by atoms with Crippen LogP contribution in [0.5, 0.6) is 0 Å². The van der Waals surface area contributed by atoms with Gasteiger partial charge in [0.05, 0.1) is 6.33 Å². The molecule has 2 aromatic heterocycles. The fourth-order valence-corrected chi connectivity index (χ4v) is 4.12. The molecule has 2 fully saturated rings. The van der Waals surface area contributed by atoms with Crippen molar-refractivity contribution in [3.8, 4) is 0 Å². The Morgan fingerprint density at radius 2 is 2.24 bits per heavy atom. The first kappa shape index (κ1) is 15.9. The predicted molar refractivity (Wildman–Crippen MR) is 91.8 cm³/mol. The number of carbonyl (C=O) groups excluding carboxylic acids is 2. The van der Waals surface area contributed by atoms with Crippen LogP contribution < -0.4 is 0 Å². The number of nitrogens with one attached hydrogen (secondary N) is 2. The van der Waals surface area contributed by atoms with Crippen LogP contribution in [-0.4, -0.2) is 62.2 Å². The summed E-state index contributed by atoms with van der Waals surface area (Å²) in [7, 11) is 0. The average Bonchev–Trinajstić information content (AvgIpc) is 3.33. The van der Waals surface area contributed by atoms with Crippen molar-refractivity contribution in [3.05, 3.63) is 42.2 Å². The normalized spacial score (nSPS) is 23.6. The lowest BCUT2D eigenvalue weighted by molar-refractivity contribution is -0.140. The summed E-state index contributed by atoms with van der Waals surface area (Å²) in [5.74, 6) is 0.668. The second-order valence-electron chi connectivity index (χ2n) is 6.90. The Kier molecular flexibility index (Phi) is 4.29. The van der Waals surface area contributed by atoms with Crippen molar-refractivity contribution in [2.24, 2.45) is 5.92 Å². The Bertz CT molecular complexity index is 725. The Labute approximate surface area is 146 Å². The summed E-state index contributed by atoms with van der Waals surface area (Å²) >= 11 is 0. The number of rotatable bonds is 4. The highest BCUT2D eigenvalue weighted by atomic mass is 16.2. The molecular formula is C18H23N5O2. The molecule has 2 saturated heterocycles. The van der Waals surface area contributed by atoms with Gasteiger partial charge in [0.25, 0.3) is 5.91 Å². The molecule has 25 heavy (non-hydrogen) atoms. The van der Waals surface area contributed by atoms with Gasteiger partial charge in [-0.15, -0.1) is 0 Å². The first-order valence-corrected chi connectivity index (χ1v) is 8.92. The van der Waals surface area contributed by atoms with Crippen LogP contribution in [0.1, 0.15) is 35.4 Å². The highest BCUT2D eigenvalue weighted by Gasteiger charge is 2.40. The average molecular weight is 341 g/mol. The quantitative estimate of drug-likeness (QED) is 0.882. The predicted octanol–water partition coefficient (Wildman–Crippen LogP) is 1.43. The van der Waals surface area contributed by atoms with Crippen molar-refractivity contribution >= 4 is 11.8 Å². The molecule has 2 N–H and O–H groups in total.